The van der Waals surface area contributed by atoms with Crippen LogP contribution in [0.15, 0.2) is 212 Å². The average Bonchev–Trinajstić information content (AvgIpc) is 3.73. The van der Waals surface area contributed by atoms with Crippen molar-refractivity contribution in [1.29, 1.82) is 0 Å². The van der Waals surface area contributed by atoms with Crippen LogP contribution < -0.4 is 9.64 Å². The van der Waals surface area contributed by atoms with E-state index in [1.807, 2.05) is 18.2 Å². The van der Waals surface area contributed by atoms with Crippen LogP contribution in [0.2, 0.25) is 0 Å². The first-order valence-corrected chi connectivity index (χ1v) is 16.5. The minimum atomic E-state index is -0.933. The Bertz CT molecular complexity index is 3860. The highest BCUT2D eigenvalue weighted by molar-refractivity contribution is 6.06. The molecule has 0 aliphatic carbocycles. The van der Waals surface area contributed by atoms with Gasteiger partial charge in [0.15, 0.2) is 0 Å². The summed E-state index contributed by atoms with van der Waals surface area (Å²) in [6.07, 6.45) is 0. The fourth-order valence-corrected chi connectivity index (χ4v) is 6.43. The molecule has 1 aliphatic rings. The zero-order valence-electron chi connectivity index (χ0n) is 50.8. The fourth-order valence-electron chi connectivity index (χ4n) is 6.43. The van der Waals surface area contributed by atoms with Gasteiger partial charge in [-0.05, 0) is 104 Å². The number of hydrogen-bond acceptors (Lipinski definition) is 2. The Labute approximate surface area is 348 Å². The number of nitrogens with zero attached hydrogens (tertiary/aromatic N) is 1. The highest BCUT2D eigenvalue weighted by Crippen LogP contribution is 2.52. The average molecular weight is 713 g/mol. The zero-order valence-corrected chi connectivity index (χ0v) is 27.8. The van der Waals surface area contributed by atoms with Crippen LogP contribution in [0.5, 0.6) is 11.5 Å². The van der Waals surface area contributed by atoms with E-state index in [4.69, 9.17) is 25.3 Å². The van der Waals surface area contributed by atoms with Gasteiger partial charge < -0.3 is 9.64 Å². The van der Waals surface area contributed by atoms with Crippen molar-refractivity contribution in [3.63, 3.8) is 0 Å². The van der Waals surface area contributed by atoms with Gasteiger partial charge in [0.1, 0.15) is 11.5 Å². The molecule has 0 saturated carbocycles. The predicted molar refractivity (Wildman–Crippen MR) is 226 cm³/mol. The first kappa shape index (κ1) is 15.8. The monoisotopic (exact) mass is 712 g/mol. The highest BCUT2D eigenvalue weighted by Gasteiger charge is 2.25. The molecule has 9 aromatic carbocycles. The molecular weight excluding hydrogens is 655 g/mol. The van der Waals surface area contributed by atoms with Crippen molar-refractivity contribution in [1.82, 2.24) is 0 Å². The molecule has 0 bridgehead atoms. The molecule has 9 aromatic rings. The summed E-state index contributed by atoms with van der Waals surface area (Å²) in [6.45, 7) is 0. The third-order valence-electron chi connectivity index (χ3n) is 8.87. The van der Waals surface area contributed by atoms with Crippen LogP contribution in [0.3, 0.4) is 0 Å². The Balaban J connectivity index is 1.28. The number of rotatable bonds is 6. The molecule has 254 valence electrons. The van der Waals surface area contributed by atoms with Gasteiger partial charge in [-0.2, -0.15) is 0 Å². The van der Waals surface area contributed by atoms with Crippen molar-refractivity contribution in [3.8, 4) is 67.1 Å². The SMILES string of the molecule is [2H]c1c([2H])c([2H])c(-c2ccc3c(c2)-c2c(ccc4ccccc24)Oc2cc(N(c4c([2H])c([2H])c(-c5c([2H])c([2H])c([2H])c([2H])c5[2H])c([2H])c4[2H])c4c([2H])c([2H])c(-c5c([2H])c([2H])c([2H])c([2H])c5[2H])c([2H])c4[2H])ccc2-3)c([2H])c1[2H]. The normalized spacial score (nSPS) is 17.4. The number of benzene rings is 9. The molecule has 0 N–H and O–H groups in total. The van der Waals surface area contributed by atoms with Crippen LogP contribution in [0.25, 0.3) is 66.4 Å². The summed E-state index contributed by atoms with van der Waals surface area (Å²) in [5.74, 6) is 0.278. The second kappa shape index (κ2) is 13.4. The molecule has 0 aromatic heterocycles. The maximum Gasteiger partial charge on any atom is 0.137 e. The molecule has 0 saturated heterocycles. The van der Waals surface area contributed by atoms with E-state index in [1.54, 1.807) is 36.4 Å². The maximum absolute atomic E-state index is 9.54. The number of ether oxygens (including phenoxy) is 1. The molecule has 0 atom stereocenters. The van der Waals surface area contributed by atoms with Crippen molar-refractivity contribution in [3.05, 3.63) is 212 Å². The van der Waals surface area contributed by atoms with Gasteiger partial charge in [-0.1, -0.05) is 157 Å². The summed E-state index contributed by atoms with van der Waals surface area (Å²) in [5, 5.41) is 1.46. The van der Waals surface area contributed by atoms with Gasteiger partial charge in [0.05, 0.1) is 31.5 Å². The van der Waals surface area contributed by atoms with Gasteiger partial charge in [0.2, 0.25) is 0 Å². The molecule has 0 radical (unpaired) electrons. The standard InChI is InChI=1S/C52H35NO/c1-4-12-36(13-5-1)39-20-26-43(27-21-39)53(44-28-22-40(23-29-44)37-14-6-2-7-15-37)45-30-32-48-47-31-24-42(38-16-8-3-9-17-38)34-49(47)52-46-19-11-10-18-41(46)25-33-50(52)54-51(48)35-45/h1-35H/i1D,2D,3D,4D,5D,6D,7D,8D,9D,12D,13D,14D,15D,16D,17D,20D,21D,22D,23D,26D,27D,28D,29D. The van der Waals surface area contributed by atoms with Crippen molar-refractivity contribution in [2.24, 2.45) is 0 Å². The molecule has 54 heavy (non-hydrogen) atoms. The molecule has 2 heteroatoms. The lowest BCUT2D eigenvalue weighted by atomic mass is 9.88. The van der Waals surface area contributed by atoms with E-state index in [2.05, 4.69) is 0 Å². The highest BCUT2D eigenvalue weighted by atomic mass is 16.5. The Morgan fingerprint density at radius 2 is 0.907 bits per heavy atom. The van der Waals surface area contributed by atoms with E-state index in [1.165, 1.54) is 18.2 Å². The van der Waals surface area contributed by atoms with Crippen molar-refractivity contribution in [2.45, 2.75) is 0 Å². The smallest absolute Gasteiger partial charge is 0.137 e. The molecule has 0 spiro atoms. The lowest BCUT2D eigenvalue weighted by Crippen LogP contribution is -2.10. The molecular formula is C52H35NO. The second-order valence-corrected chi connectivity index (χ2v) is 12.0. The van der Waals surface area contributed by atoms with Gasteiger partial charge in [-0.25, -0.2) is 0 Å². The first-order chi connectivity index (χ1) is 36.3. The quantitative estimate of drug-likeness (QED) is 0.170. The zero-order chi connectivity index (χ0) is 55.9. The second-order valence-electron chi connectivity index (χ2n) is 12.0. The summed E-state index contributed by atoms with van der Waals surface area (Å²) in [7, 11) is 0. The van der Waals surface area contributed by atoms with Crippen LogP contribution in [-0.2, 0) is 0 Å². The van der Waals surface area contributed by atoms with Gasteiger partial charge in [0.25, 0.3) is 0 Å². The Morgan fingerprint density at radius 1 is 0.370 bits per heavy atom. The molecule has 0 unspecified atom stereocenters. The minimum absolute atomic E-state index is 0.0374. The maximum atomic E-state index is 9.54. The van der Waals surface area contributed by atoms with Gasteiger partial charge in [0, 0.05) is 34.3 Å². The van der Waals surface area contributed by atoms with Crippen LogP contribution in [0.4, 0.5) is 17.1 Å². The van der Waals surface area contributed by atoms with E-state index in [0.29, 0.717) is 27.6 Å². The van der Waals surface area contributed by atoms with Crippen LogP contribution in [-0.4, -0.2) is 0 Å². The fraction of sp³-hybridized carbons (Fsp3) is 0. The summed E-state index contributed by atoms with van der Waals surface area (Å²) >= 11 is 0. The van der Waals surface area contributed by atoms with Gasteiger partial charge in [-0.3, -0.25) is 0 Å². The largest absolute Gasteiger partial charge is 0.456 e. The minimum Gasteiger partial charge on any atom is -0.456 e. The third-order valence-corrected chi connectivity index (χ3v) is 8.87. The summed E-state index contributed by atoms with van der Waals surface area (Å²) < 4.78 is 209. The number of fused-ring (bicyclic) bond motifs is 7. The van der Waals surface area contributed by atoms with Gasteiger partial charge in [-0.15, -0.1) is 0 Å². The van der Waals surface area contributed by atoms with Crippen LogP contribution in [0.1, 0.15) is 31.5 Å². The van der Waals surface area contributed by atoms with E-state index in [0.717, 1.165) is 10.3 Å². The molecule has 10 rings (SSSR count). The van der Waals surface area contributed by atoms with E-state index in [9.17, 15) is 11.0 Å². The van der Waals surface area contributed by atoms with Gasteiger partial charge >= 0.3 is 0 Å². The van der Waals surface area contributed by atoms with Crippen molar-refractivity contribution >= 4 is 27.8 Å². The summed E-state index contributed by atoms with van der Waals surface area (Å²) in [6, 6.07) is 1.91. The Kier molecular flexibility index (Phi) is 3.94. The first-order valence-electron chi connectivity index (χ1n) is 28.0. The molecule has 0 amide bonds. The topological polar surface area (TPSA) is 12.5 Å². The van der Waals surface area contributed by atoms with Crippen LogP contribution >= 0.6 is 0 Å². The van der Waals surface area contributed by atoms with Crippen molar-refractivity contribution < 1.29 is 36.3 Å². The Hall–Kier alpha value is -7.16. The Morgan fingerprint density at radius 3 is 1.52 bits per heavy atom. The lowest BCUT2D eigenvalue weighted by Gasteiger charge is -2.27. The van der Waals surface area contributed by atoms with Crippen molar-refractivity contribution in [2.75, 3.05) is 4.90 Å². The van der Waals surface area contributed by atoms with Crippen LogP contribution in [0, 0.1) is 0 Å². The summed E-state index contributed by atoms with van der Waals surface area (Å²) in [5.41, 5.74) is -2.20. The molecule has 0 fully saturated rings. The number of anilines is 3. The predicted octanol–water partition coefficient (Wildman–Crippen LogP) is 14.8. The third kappa shape index (κ3) is 5.71. The lowest BCUT2D eigenvalue weighted by molar-refractivity contribution is 0.488. The van der Waals surface area contributed by atoms with E-state index in [-0.39, 0.29) is 28.3 Å². The molecule has 2 nitrogen and oxygen atoms in total. The van der Waals surface area contributed by atoms with E-state index >= 15 is 0 Å². The molecule has 1 heterocycles. The molecule has 1 aliphatic heterocycles. The summed E-state index contributed by atoms with van der Waals surface area (Å²) in [4.78, 5) is 0.900. The van der Waals surface area contributed by atoms with E-state index < -0.39 is 173 Å². The number of hydrogen-bond donors (Lipinski definition) is 0.